The Kier molecular flexibility index (Phi) is 5.05. The first-order valence-corrected chi connectivity index (χ1v) is 9.10. The quantitative estimate of drug-likeness (QED) is 0.373. The summed E-state index contributed by atoms with van der Waals surface area (Å²) in [4.78, 5) is 16.8. The van der Waals surface area contributed by atoms with E-state index in [2.05, 4.69) is 4.98 Å². The van der Waals surface area contributed by atoms with Gasteiger partial charge < -0.3 is 14.6 Å². The second-order valence-electron chi connectivity index (χ2n) is 6.59. The van der Waals surface area contributed by atoms with Gasteiger partial charge in [-0.2, -0.15) is 8.79 Å². The summed E-state index contributed by atoms with van der Waals surface area (Å²) in [6, 6.07) is 12.8. The second kappa shape index (κ2) is 7.82. The molecule has 0 bridgehead atoms. The molecule has 0 fully saturated rings. The first-order chi connectivity index (χ1) is 14.5. The van der Waals surface area contributed by atoms with Crippen molar-refractivity contribution in [3.8, 4) is 28.5 Å². The van der Waals surface area contributed by atoms with Gasteiger partial charge in [0.25, 0.3) is 5.65 Å². The number of rotatable bonds is 5. The molecule has 7 nitrogen and oxygen atoms in total. The van der Waals surface area contributed by atoms with Crippen molar-refractivity contribution in [2.75, 3.05) is 14.2 Å². The van der Waals surface area contributed by atoms with Crippen molar-refractivity contribution in [2.24, 2.45) is 0 Å². The zero-order chi connectivity index (χ0) is 21.3. The van der Waals surface area contributed by atoms with Crippen molar-refractivity contribution in [3.63, 3.8) is 0 Å². The molecule has 3 aromatic heterocycles. The monoisotopic (exact) mass is 407 g/mol. The van der Waals surface area contributed by atoms with Crippen LogP contribution in [0.4, 0.5) is 4.39 Å². The van der Waals surface area contributed by atoms with Crippen molar-refractivity contribution in [1.82, 2.24) is 9.38 Å². The molecule has 0 aliphatic heterocycles. The van der Waals surface area contributed by atoms with Crippen LogP contribution >= 0.6 is 0 Å². The molecule has 152 valence electrons. The van der Waals surface area contributed by atoms with Crippen LogP contribution in [0.2, 0.25) is 0 Å². The van der Waals surface area contributed by atoms with Crippen molar-refractivity contribution in [3.05, 3.63) is 82.8 Å². The molecule has 1 aromatic carbocycles. The Morgan fingerprint density at radius 1 is 1.10 bits per heavy atom. The van der Waals surface area contributed by atoms with Gasteiger partial charge in [-0.3, -0.25) is 0 Å². The average Bonchev–Trinajstić information content (AvgIpc) is 2.77. The normalized spacial score (nSPS) is 10.9. The number of halogens is 1. The third-order valence-electron chi connectivity index (χ3n) is 4.78. The molecule has 0 atom stereocenters. The maximum Gasteiger partial charge on any atom is 0.349 e. The van der Waals surface area contributed by atoms with Gasteiger partial charge in [-0.15, -0.1) is 0 Å². The summed E-state index contributed by atoms with van der Waals surface area (Å²) in [5.74, 6) is -0.179. The summed E-state index contributed by atoms with van der Waals surface area (Å²) in [5.41, 5.74) is 0.934. The summed E-state index contributed by atoms with van der Waals surface area (Å²) >= 11 is 0. The van der Waals surface area contributed by atoms with E-state index in [1.165, 1.54) is 35.5 Å². The summed E-state index contributed by atoms with van der Waals surface area (Å²) in [6.07, 6.45) is 2.96. The Morgan fingerprint density at radius 2 is 1.83 bits per heavy atom. The molecule has 0 amide bonds. The highest BCUT2D eigenvalue weighted by atomic mass is 19.1. The van der Waals surface area contributed by atoms with E-state index in [9.17, 15) is 14.3 Å². The van der Waals surface area contributed by atoms with Crippen molar-refractivity contribution < 1.29 is 23.5 Å². The summed E-state index contributed by atoms with van der Waals surface area (Å²) in [5, 5.41) is 13.4. The lowest BCUT2D eigenvalue weighted by atomic mass is 10.1. The minimum absolute atomic E-state index is 0.0222. The van der Waals surface area contributed by atoms with Gasteiger partial charge in [0, 0.05) is 23.9 Å². The van der Waals surface area contributed by atoms with Crippen LogP contribution in [0.5, 0.6) is 17.4 Å². The van der Waals surface area contributed by atoms with E-state index in [4.69, 9.17) is 9.47 Å². The lowest BCUT2D eigenvalue weighted by molar-refractivity contribution is -0.708. The predicted molar refractivity (Wildman–Crippen MR) is 105 cm³/mol. The Labute approximate surface area is 171 Å². The number of aromatic nitrogens is 3. The molecule has 8 heteroatoms. The van der Waals surface area contributed by atoms with Crippen molar-refractivity contribution >= 4 is 5.65 Å². The molecule has 0 spiro atoms. The molecule has 30 heavy (non-hydrogen) atoms. The van der Waals surface area contributed by atoms with Crippen LogP contribution in [-0.4, -0.2) is 23.6 Å². The van der Waals surface area contributed by atoms with Gasteiger partial charge in [0.2, 0.25) is 5.95 Å². The number of benzene rings is 1. The van der Waals surface area contributed by atoms with Gasteiger partial charge >= 0.3 is 5.56 Å². The largest absolute Gasteiger partial charge is 0.842 e. The molecule has 0 unspecified atom stereocenters. The van der Waals surface area contributed by atoms with E-state index in [1.54, 1.807) is 48.7 Å². The molecule has 3 heterocycles. The number of nitrogens with zero attached hydrogens (tertiary/aromatic N) is 3. The fraction of sp³-hybridized carbons (Fsp3) is 0.136. The van der Waals surface area contributed by atoms with E-state index in [-0.39, 0.29) is 12.1 Å². The minimum atomic E-state index is -0.607. The molecular weight excluding hydrogens is 389 g/mol. The fourth-order valence-corrected chi connectivity index (χ4v) is 3.31. The fourth-order valence-electron chi connectivity index (χ4n) is 3.31. The van der Waals surface area contributed by atoms with Gasteiger partial charge in [-0.05, 0) is 35.9 Å². The van der Waals surface area contributed by atoms with Gasteiger partial charge in [0.1, 0.15) is 23.6 Å². The highest BCUT2D eigenvalue weighted by Crippen LogP contribution is 2.30. The lowest BCUT2D eigenvalue weighted by Crippen LogP contribution is -2.44. The number of hydrogen-bond acceptors (Lipinski definition) is 5. The summed E-state index contributed by atoms with van der Waals surface area (Å²) in [7, 11) is 2.98. The first-order valence-electron chi connectivity index (χ1n) is 9.10. The molecular formula is C22H18FN3O4. The van der Waals surface area contributed by atoms with E-state index >= 15 is 0 Å². The van der Waals surface area contributed by atoms with E-state index < -0.39 is 17.4 Å². The number of ether oxygens (including phenoxy) is 2. The highest BCUT2D eigenvalue weighted by Gasteiger charge is 2.21. The summed E-state index contributed by atoms with van der Waals surface area (Å²) < 4.78 is 26.6. The predicted octanol–water partition coefficient (Wildman–Crippen LogP) is 1.93. The Balaban J connectivity index is 1.99. The summed E-state index contributed by atoms with van der Waals surface area (Å²) in [6.45, 7) is 0.119. The Hall–Kier alpha value is -3.94. The number of fused-ring (bicyclic) bond motifs is 1. The molecule has 0 N–H and O–H groups in total. The van der Waals surface area contributed by atoms with E-state index in [0.29, 0.717) is 28.3 Å². The number of methoxy groups -OCH3 is 2. The average molecular weight is 407 g/mol. The smallest absolute Gasteiger partial charge is 0.349 e. The maximum absolute atomic E-state index is 13.4. The van der Waals surface area contributed by atoms with Crippen LogP contribution in [0.3, 0.4) is 0 Å². The lowest BCUT2D eigenvalue weighted by Gasteiger charge is -2.18. The Bertz CT molecular complexity index is 1260. The zero-order valence-electron chi connectivity index (χ0n) is 16.3. The van der Waals surface area contributed by atoms with E-state index in [0.717, 1.165) is 0 Å². The van der Waals surface area contributed by atoms with Gasteiger partial charge in [-0.25, -0.2) is 14.3 Å². The third-order valence-corrected chi connectivity index (χ3v) is 4.78. The third kappa shape index (κ3) is 3.43. The van der Waals surface area contributed by atoms with Gasteiger partial charge in [0.15, 0.2) is 0 Å². The standard InChI is InChI=1S/C22H18FN3O4/c1-29-16-9-15(10-17(11-16)30-2)20-21(27)25-8-4-3-5-19(25)26(22(20)28)13-14-6-7-18(23)24-12-14/h3-12H,13H2,1-2H3. The van der Waals surface area contributed by atoms with Crippen LogP contribution in [0.25, 0.3) is 16.8 Å². The first kappa shape index (κ1) is 19.4. The Morgan fingerprint density at radius 3 is 2.47 bits per heavy atom. The molecule has 0 aliphatic carbocycles. The van der Waals surface area contributed by atoms with Crippen LogP contribution in [0.15, 0.2) is 65.7 Å². The molecule has 0 aliphatic rings. The van der Waals surface area contributed by atoms with Gasteiger partial charge in [0.05, 0.1) is 26.3 Å². The number of hydrogen-bond donors (Lipinski definition) is 0. The molecule has 0 saturated heterocycles. The molecule has 4 aromatic rings. The highest BCUT2D eigenvalue weighted by molar-refractivity contribution is 5.70. The van der Waals surface area contributed by atoms with Crippen LogP contribution in [-0.2, 0) is 6.54 Å². The topological polar surface area (TPSA) is 79.8 Å². The van der Waals surface area contributed by atoms with E-state index in [1.807, 2.05) is 0 Å². The van der Waals surface area contributed by atoms with Crippen molar-refractivity contribution in [1.29, 1.82) is 0 Å². The van der Waals surface area contributed by atoms with Crippen LogP contribution in [0, 0.1) is 5.95 Å². The molecule has 4 rings (SSSR count). The second-order valence-corrected chi connectivity index (χ2v) is 6.59. The molecule has 0 radical (unpaired) electrons. The zero-order valence-corrected chi connectivity index (χ0v) is 16.3. The number of pyridine rings is 2. The minimum Gasteiger partial charge on any atom is -0.842 e. The van der Waals surface area contributed by atoms with Crippen molar-refractivity contribution in [2.45, 2.75) is 6.54 Å². The van der Waals surface area contributed by atoms with Crippen LogP contribution in [0.1, 0.15) is 5.56 Å². The SMILES string of the molecule is COc1cc(OC)cc(-c2c([O-])[n+](Cc3ccc(F)nc3)c3ccccn3c2=O)c1. The van der Waals surface area contributed by atoms with Gasteiger partial charge in [-0.1, -0.05) is 6.07 Å². The van der Waals surface area contributed by atoms with Crippen LogP contribution < -0.4 is 24.7 Å². The maximum atomic E-state index is 13.4. The molecule has 0 saturated carbocycles.